The fourth-order valence-electron chi connectivity index (χ4n) is 1.82. The van der Waals surface area contributed by atoms with E-state index in [2.05, 4.69) is 11.9 Å². The molecular formula is C12H15FN2S. The molecule has 1 aliphatic carbocycles. The van der Waals surface area contributed by atoms with Gasteiger partial charge in [0, 0.05) is 18.2 Å². The molecule has 1 aromatic carbocycles. The minimum atomic E-state index is -0.274. The third-order valence-corrected chi connectivity index (χ3v) is 3.08. The van der Waals surface area contributed by atoms with E-state index in [1.54, 1.807) is 6.07 Å². The average molecular weight is 238 g/mol. The lowest BCUT2D eigenvalue weighted by molar-refractivity contribution is 0.316. The number of nitrogens with zero attached hydrogens (tertiary/aromatic N) is 1. The van der Waals surface area contributed by atoms with Crippen molar-refractivity contribution in [3.63, 3.8) is 0 Å². The molecule has 0 unspecified atom stereocenters. The van der Waals surface area contributed by atoms with Crippen LogP contribution in [0.25, 0.3) is 0 Å². The number of thiocarbonyl (C=S) groups is 1. The molecule has 1 aromatic rings. The lowest BCUT2D eigenvalue weighted by atomic mass is 10.1. The highest BCUT2D eigenvalue weighted by Gasteiger charge is 2.25. The van der Waals surface area contributed by atoms with Crippen LogP contribution in [-0.4, -0.2) is 23.0 Å². The molecule has 0 aromatic heterocycles. The van der Waals surface area contributed by atoms with Gasteiger partial charge in [0.05, 0.1) is 0 Å². The smallest absolute Gasteiger partial charge is 0.124 e. The molecule has 2 nitrogen and oxygen atoms in total. The van der Waals surface area contributed by atoms with Crippen LogP contribution in [0.2, 0.25) is 0 Å². The summed E-state index contributed by atoms with van der Waals surface area (Å²) in [6.45, 7) is 0.748. The first kappa shape index (κ1) is 11.5. The van der Waals surface area contributed by atoms with Crippen LogP contribution in [0, 0.1) is 5.82 Å². The van der Waals surface area contributed by atoms with Gasteiger partial charge in [-0.3, -0.25) is 4.90 Å². The molecule has 4 heteroatoms. The Kier molecular flexibility index (Phi) is 3.21. The number of hydrogen-bond acceptors (Lipinski definition) is 2. The molecular weight excluding hydrogens is 223 g/mol. The summed E-state index contributed by atoms with van der Waals surface area (Å²) < 4.78 is 13.3. The Balaban J connectivity index is 2.16. The summed E-state index contributed by atoms with van der Waals surface area (Å²) in [5.41, 5.74) is 7.04. The van der Waals surface area contributed by atoms with Crippen LogP contribution >= 0.6 is 12.2 Å². The van der Waals surface area contributed by atoms with Crippen molar-refractivity contribution in [1.29, 1.82) is 0 Å². The molecule has 1 aliphatic rings. The van der Waals surface area contributed by atoms with E-state index in [0.717, 1.165) is 12.1 Å². The zero-order valence-electron chi connectivity index (χ0n) is 9.24. The van der Waals surface area contributed by atoms with E-state index in [1.807, 2.05) is 6.07 Å². The molecule has 0 aliphatic heterocycles. The SMILES string of the molecule is CN(Cc1cc(F)cc(C(N)=S)c1)C1CC1. The van der Waals surface area contributed by atoms with E-state index in [1.165, 1.54) is 18.9 Å². The van der Waals surface area contributed by atoms with Crippen LogP contribution in [0.5, 0.6) is 0 Å². The Morgan fingerprint density at radius 1 is 1.50 bits per heavy atom. The van der Waals surface area contributed by atoms with Crippen molar-refractivity contribution in [2.45, 2.75) is 25.4 Å². The molecule has 1 fully saturated rings. The van der Waals surface area contributed by atoms with Crippen molar-refractivity contribution >= 4 is 17.2 Å². The maximum absolute atomic E-state index is 13.3. The quantitative estimate of drug-likeness (QED) is 0.814. The van der Waals surface area contributed by atoms with Crippen LogP contribution in [0.4, 0.5) is 4.39 Å². The molecule has 2 N–H and O–H groups in total. The van der Waals surface area contributed by atoms with Crippen molar-refractivity contribution in [1.82, 2.24) is 4.90 Å². The summed E-state index contributed by atoms with van der Waals surface area (Å²) in [5.74, 6) is -0.274. The Morgan fingerprint density at radius 3 is 2.75 bits per heavy atom. The van der Waals surface area contributed by atoms with Gasteiger partial charge in [-0.2, -0.15) is 0 Å². The van der Waals surface area contributed by atoms with Gasteiger partial charge in [-0.25, -0.2) is 4.39 Å². The van der Waals surface area contributed by atoms with Gasteiger partial charge in [-0.15, -0.1) is 0 Å². The maximum Gasteiger partial charge on any atom is 0.124 e. The monoisotopic (exact) mass is 238 g/mol. The van der Waals surface area contributed by atoms with Crippen molar-refractivity contribution in [3.8, 4) is 0 Å². The van der Waals surface area contributed by atoms with Crippen molar-refractivity contribution < 1.29 is 4.39 Å². The first-order valence-corrected chi connectivity index (χ1v) is 5.76. The Bertz CT molecular complexity index is 415. The zero-order chi connectivity index (χ0) is 11.7. The van der Waals surface area contributed by atoms with E-state index in [9.17, 15) is 4.39 Å². The summed E-state index contributed by atoms with van der Waals surface area (Å²) >= 11 is 4.86. The zero-order valence-corrected chi connectivity index (χ0v) is 10.1. The first-order valence-electron chi connectivity index (χ1n) is 5.36. The number of benzene rings is 1. The summed E-state index contributed by atoms with van der Waals surface area (Å²) in [6, 6.07) is 5.45. The molecule has 0 spiro atoms. The second-order valence-corrected chi connectivity index (χ2v) is 4.80. The molecule has 0 atom stereocenters. The summed E-state index contributed by atoms with van der Waals surface area (Å²) in [4.78, 5) is 2.48. The van der Waals surface area contributed by atoms with Gasteiger partial charge in [-0.1, -0.05) is 12.2 Å². The number of hydrogen-bond donors (Lipinski definition) is 1. The van der Waals surface area contributed by atoms with Crippen LogP contribution in [0.15, 0.2) is 18.2 Å². The Hall–Kier alpha value is -1.00. The lowest BCUT2D eigenvalue weighted by Crippen LogP contribution is -2.20. The standard InChI is InChI=1S/C12H15FN2S/c1-15(11-2-3-11)7-8-4-9(12(14)16)6-10(13)5-8/h4-6,11H,2-3,7H2,1H3,(H2,14,16). The topological polar surface area (TPSA) is 29.3 Å². The third-order valence-electron chi connectivity index (χ3n) is 2.84. The highest BCUT2D eigenvalue weighted by atomic mass is 32.1. The van der Waals surface area contributed by atoms with Crippen molar-refractivity contribution in [2.75, 3.05) is 7.05 Å². The molecule has 16 heavy (non-hydrogen) atoms. The van der Waals surface area contributed by atoms with Gasteiger partial charge in [-0.05, 0) is 43.7 Å². The van der Waals surface area contributed by atoms with Crippen LogP contribution < -0.4 is 5.73 Å². The van der Waals surface area contributed by atoms with Crippen LogP contribution in [0.1, 0.15) is 24.0 Å². The molecule has 0 amide bonds. The minimum absolute atomic E-state index is 0.245. The van der Waals surface area contributed by atoms with Gasteiger partial charge in [0.25, 0.3) is 0 Å². The predicted molar refractivity (Wildman–Crippen MR) is 66.8 cm³/mol. The Labute approximate surface area is 100 Å². The summed E-state index contributed by atoms with van der Waals surface area (Å²) in [5, 5.41) is 0. The molecule has 0 saturated heterocycles. The van der Waals surface area contributed by atoms with E-state index in [4.69, 9.17) is 18.0 Å². The number of halogens is 1. The van der Waals surface area contributed by atoms with Gasteiger partial charge < -0.3 is 5.73 Å². The molecule has 0 heterocycles. The van der Waals surface area contributed by atoms with Crippen molar-refractivity contribution in [3.05, 3.63) is 35.1 Å². The fraction of sp³-hybridized carbons (Fsp3) is 0.417. The Morgan fingerprint density at radius 2 is 2.19 bits per heavy atom. The van der Waals surface area contributed by atoms with Gasteiger partial charge in [0.2, 0.25) is 0 Å². The van der Waals surface area contributed by atoms with Crippen LogP contribution in [0.3, 0.4) is 0 Å². The summed E-state index contributed by atoms with van der Waals surface area (Å²) in [7, 11) is 2.06. The maximum atomic E-state index is 13.3. The molecule has 86 valence electrons. The highest BCUT2D eigenvalue weighted by molar-refractivity contribution is 7.80. The minimum Gasteiger partial charge on any atom is -0.389 e. The summed E-state index contributed by atoms with van der Waals surface area (Å²) in [6.07, 6.45) is 2.49. The van der Waals surface area contributed by atoms with Crippen LogP contribution in [-0.2, 0) is 6.54 Å². The largest absolute Gasteiger partial charge is 0.389 e. The molecule has 2 rings (SSSR count). The number of rotatable bonds is 4. The van der Waals surface area contributed by atoms with Gasteiger partial charge in [0.15, 0.2) is 0 Å². The molecule has 0 radical (unpaired) electrons. The average Bonchev–Trinajstić information content (AvgIpc) is 2.99. The second kappa shape index (κ2) is 4.47. The van der Waals surface area contributed by atoms with E-state index in [0.29, 0.717) is 11.6 Å². The first-order chi connectivity index (χ1) is 7.56. The third kappa shape index (κ3) is 2.77. The number of nitrogens with two attached hydrogens (primary N) is 1. The lowest BCUT2D eigenvalue weighted by Gasteiger charge is -2.16. The predicted octanol–water partition coefficient (Wildman–Crippen LogP) is 2.05. The highest BCUT2D eigenvalue weighted by Crippen LogP contribution is 2.26. The van der Waals surface area contributed by atoms with Gasteiger partial charge in [0.1, 0.15) is 10.8 Å². The second-order valence-electron chi connectivity index (χ2n) is 4.36. The van der Waals surface area contributed by atoms with E-state index >= 15 is 0 Å². The molecule has 0 bridgehead atoms. The van der Waals surface area contributed by atoms with E-state index < -0.39 is 0 Å². The fourth-order valence-corrected chi connectivity index (χ4v) is 1.93. The normalized spacial score (nSPS) is 15.4. The molecule has 1 saturated carbocycles. The van der Waals surface area contributed by atoms with E-state index in [-0.39, 0.29) is 10.8 Å². The van der Waals surface area contributed by atoms with Crippen molar-refractivity contribution in [2.24, 2.45) is 5.73 Å². The van der Waals surface area contributed by atoms with Gasteiger partial charge >= 0.3 is 0 Å².